The Labute approximate surface area is 101 Å². The van der Waals surface area contributed by atoms with Crippen molar-refractivity contribution < 1.29 is 14.3 Å². The molecule has 0 saturated heterocycles. The number of benzene rings is 1. The maximum atomic E-state index is 11.8. The van der Waals surface area contributed by atoms with E-state index in [1.807, 2.05) is 37.3 Å². The van der Waals surface area contributed by atoms with Crippen LogP contribution in [0.15, 0.2) is 30.3 Å². The van der Waals surface area contributed by atoms with Gasteiger partial charge in [-0.05, 0) is 17.9 Å². The molecule has 0 aromatic heterocycles. The first-order valence-electron chi connectivity index (χ1n) is 5.87. The Kier molecular flexibility index (Phi) is 3.69. The van der Waals surface area contributed by atoms with Crippen LogP contribution >= 0.6 is 0 Å². The number of ether oxygens (including phenoxy) is 1. The molecule has 1 aliphatic rings. The lowest BCUT2D eigenvalue weighted by molar-refractivity contribution is -0.133. The van der Waals surface area contributed by atoms with Crippen LogP contribution in [0.3, 0.4) is 0 Å². The molecule has 0 N–H and O–H groups in total. The zero-order valence-corrected chi connectivity index (χ0v) is 9.84. The van der Waals surface area contributed by atoms with E-state index >= 15 is 0 Å². The Morgan fingerprint density at radius 2 is 2.06 bits per heavy atom. The van der Waals surface area contributed by atoms with Crippen molar-refractivity contribution in [1.82, 2.24) is 0 Å². The summed E-state index contributed by atoms with van der Waals surface area (Å²) < 4.78 is 5.60. The molecule has 1 saturated carbocycles. The van der Waals surface area contributed by atoms with Gasteiger partial charge in [-0.2, -0.15) is 0 Å². The van der Waals surface area contributed by atoms with E-state index in [2.05, 4.69) is 0 Å². The molecule has 3 heteroatoms. The third-order valence-electron chi connectivity index (χ3n) is 3.29. The predicted molar refractivity (Wildman–Crippen MR) is 63.4 cm³/mol. The van der Waals surface area contributed by atoms with E-state index in [1.54, 1.807) is 0 Å². The molecule has 3 unspecified atom stereocenters. The number of ketones is 1. The lowest BCUT2D eigenvalue weighted by atomic mass is 10.00. The Hall–Kier alpha value is -1.48. The van der Waals surface area contributed by atoms with Gasteiger partial charge in [-0.1, -0.05) is 37.3 Å². The van der Waals surface area contributed by atoms with Crippen molar-refractivity contribution >= 4 is 12.1 Å². The van der Waals surface area contributed by atoms with Crippen molar-refractivity contribution in [3.8, 4) is 0 Å². The number of rotatable bonds is 4. The maximum absolute atomic E-state index is 11.8. The average molecular weight is 232 g/mol. The second-order valence-electron chi connectivity index (χ2n) is 4.56. The Balaban J connectivity index is 1.93. The number of hydrogen-bond acceptors (Lipinski definition) is 3. The van der Waals surface area contributed by atoms with E-state index in [0.717, 1.165) is 11.8 Å². The van der Waals surface area contributed by atoms with Crippen molar-refractivity contribution in [2.24, 2.45) is 11.8 Å². The van der Waals surface area contributed by atoms with Gasteiger partial charge in [0.1, 0.15) is 12.4 Å². The van der Waals surface area contributed by atoms with Gasteiger partial charge in [0.2, 0.25) is 0 Å². The van der Waals surface area contributed by atoms with Crippen molar-refractivity contribution in [2.75, 3.05) is 0 Å². The molecule has 2 rings (SSSR count). The summed E-state index contributed by atoms with van der Waals surface area (Å²) in [6.45, 7) is 2.35. The highest BCUT2D eigenvalue weighted by Gasteiger charge is 2.40. The molecule has 3 atom stereocenters. The lowest BCUT2D eigenvalue weighted by Gasteiger charge is -2.10. The summed E-state index contributed by atoms with van der Waals surface area (Å²) in [5, 5.41) is 0. The van der Waals surface area contributed by atoms with Crippen LogP contribution in [-0.4, -0.2) is 18.2 Å². The van der Waals surface area contributed by atoms with Crippen LogP contribution in [0.1, 0.15) is 18.9 Å². The van der Waals surface area contributed by atoms with Gasteiger partial charge < -0.3 is 9.53 Å². The number of aldehydes is 1. The van der Waals surface area contributed by atoms with Gasteiger partial charge >= 0.3 is 0 Å². The molecule has 0 spiro atoms. The molecule has 1 aliphatic carbocycles. The predicted octanol–water partition coefficient (Wildman–Crippen LogP) is 2.00. The summed E-state index contributed by atoms with van der Waals surface area (Å²) in [6, 6.07) is 9.73. The fourth-order valence-electron chi connectivity index (χ4n) is 2.22. The molecule has 1 aromatic carbocycles. The molecule has 0 radical (unpaired) electrons. The third-order valence-corrected chi connectivity index (χ3v) is 3.29. The molecule has 1 fully saturated rings. The number of carbonyl (C=O) groups excluding carboxylic acids is 2. The molecule has 0 aliphatic heterocycles. The highest BCUT2D eigenvalue weighted by Crippen LogP contribution is 2.29. The fraction of sp³-hybridized carbons (Fsp3) is 0.429. The molecule has 0 amide bonds. The van der Waals surface area contributed by atoms with Crippen LogP contribution in [0.25, 0.3) is 0 Å². The van der Waals surface area contributed by atoms with Gasteiger partial charge in [0.25, 0.3) is 0 Å². The van der Waals surface area contributed by atoms with E-state index in [1.165, 1.54) is 0 Å². The zero-order chi connectivity index (χ0) is 12.3. The average Bonchev–Trinajstić information content (AvgIpc) is 2.63. The summed E-state index contributed by atoms with van der Waals surface area (Å²) in [4.78, 5) is 22.6. The third kappa shape index (κ3) is 2.61. The molecule has 90 valence electrons. The van der Waals surface area contributed by atoms with Crippen molar-refractivity contribution in [3.63, 3.8) is 0 Å². The second kappa shape index (κ2) is 5.23. The van der Waals surface area contributed by atoms with Crippen LogP contribution in [0.4, 0.5) is 0 Å². The minimum absolute atomic E-state index is 0.0663. The molecule has 3 nitrogen and oxygen atoms in total. The van der Waals surface area contributed by atoms with E-state index < -0.39 is 12.0 Å². The summed E-state index contributed by atoms with van der Waals surface area (Å²) in [7, 11) is 0. The van der Waals surface area contributed by atoms with Crippen LogP contribution in [0, 0.1) is 11.8 Å². The van der Waals surface area contributed by atoms with Crippen molar-refractivity contribution in [1.29, 1.82) is 0 Å². The summed E-state index contributed by atoms with van der Waals surface area (Å²) in [5.74, 6) is -0.444. The molecular formula is C14H16O3. The topological polar surface area (TPSA) is 43.4 Å². The highest BCUT2D eigenvalue weighted by molar-refractivity contribution is 5.98. The largest absolute Gasteiger partial charge is 0.366 e. The summed E-state index contributed by atoms with van der Waals surface area (Å²) >= 11 is 0. The van der Waals surface area contributed by atoms with E-state index in [4.69, 9.17) is 4.74 Å². The monoisotopic (exact) mass is 232 g/mol. The minimum Gasteiger partial charge on any atom is -0.366 e. The van der Waals surface area contributed by atoms with Gasteiger partial charge in [0, 0.05) is 0 Å². The van der Waals surface area contributed by atoms with E-state index in [0.29, 0.717) is 13.0 Å². The van der Waals surface area contributed by atoms with Crippen LogP contribution < -0.4 is 0 Å². The maximum Gasteiger partial charge on any atom is 0.171 e. The molecule has 17 heavy (non-hydrogen) atoms. The number of carbonyl (C=O) groups is 2. The second-order valence-corrected chi connectivity index (χ2v) is 4.56. The van der Waals surface area contributed by atoms with Gasteiger partial charge in [-0.3, -0.25) is 4.79 Å². The van der Waals surface area contributed by atoms with E-state index in [-0.39, 0.29) is 11.7 Å². The SMILES string of the molecule is CC1CC(OCc2ccccc2)C(=O)C1C=O. The molecule has 0 heterocycles. The molecule has 1 aromatic rings. The Morgan fingerprint density at radius 1 is 1.35 bits per heavy atom. The molecule has 0 bridgehead atoms. The van der Waals surface area contributed by atoms with Crippen molar-refractivity contribution in [3.05, 3.63) is 35.9 Å². The first kappa shape index (κ1) is 12.0. The minimum atomic E-state index is -0.476. The van der Waals surface area contributed by atoms with E-state index in [9.17, 15) is 9.59 Å². The van der Waals surface area contributed by atoms with Crippen molar-refractivity contribution in [2.45, 2.75) is 26.1 Å². The van der Waals surface area contributed by atoms with Crippen LogP contribution in [0.2, 0.25) is 0 Å². The highest BCUT2D eigenvalue weighted by atomic mass is 16.5. The summed E-state index contributed by atoms with van der Waals surface area (Å²) in [5.41, 5.74) is 1.04. The van der Waals surface area contributed by atoms with Gasteiger partial charge in [0.15, 0.2) is 5.78 Å². The number of hydrogen-bond donors (Lipinski definition) is 0. The van der Waals surface area contributed by atoms with Gasteiger partial charge in [-0.15, -0.1) is 0 Å². The van der Waals surface area contributed by atoms with Gasteiger partial charge in [0.05, 0.1) is 12.5 Å². The smallest absolute Gasteiger partial charge is 0.171 e. The lowest BCUT2D eigenvalue weighted by Crippen LogP contribution is -2.23. The first-order chi connectivity index (χ1) is 8.22. The Bertz CT molecular complexity index is 399. The zero-order valence-electron chi connectivity index (χ0n) is 9.84. The molecular weight excluding hydrogens is 216 g/mol. The van der Waals surface area contributed by atoms with Crippen LogP contribution in [0.5, 0.6) is 0 Å². The fourth-order valence-corrected chi connectivity index (χ4v) is 2.22. The Morgan fingerprint density at radius 3 is 2.65 bits per heavy atom. The number of Topliss-reactive ketones (excluding diaryl/α,β-unsaturated/α-hetero) is 1. The first-order valence-corrected chi connectivity index (χ1v) is 5.87. The van der Waals surface area contributed by atoms with Gasteiger partial charge in [-0.25, -0.2) is 0 Å². The van der Waals surface area contributed by atoms with Crippen LogP contribution in [-0.2, 0) is 20.9 Å². The normalized spacial score (nSPS) is 28.3. The quantitative estimate of drug-likeness (QED) is 0.589. The summed E-state index contributed by atoms with van der Waals surface area (Å²) in [6.07, 6.45) is 0.980. The standard InChI is InChI=1S/C14H16O3/c1-10-7-13(14(16)12(10)8-15)17-9-11-5-3-2-4-6-11/h2-6,8,10,12-13H,7,9H2,1H3.